The minimum Gasteiger partial charge on any atom is -0.481 e. The summed E-state index contributed by atoms with van der Waals surface area (Å²) in [4.78, 5) is 24.0. The van der Waals surface area contributed by atoms with Crippen molar-refractivity contribution in [1.82, 2.24) is 10.2 Å². The Bertz CT molecular complexity index is 263. The Kier molecular flexibility index (Phi) is 5.76. The van der Waals surface area contributed by atoms with Crippen molar-refractivity contribution in [2.45, 2.75) is 25.7 Å². The van der Waals surface area contributed by atoms with Crippen LogP contribution in [0.15, 0.2) is 0 Å². The van der Waals surface area contributed by atoms with Gasteiger partial charge >= 0.3 is 12.0 Å². The highest BCUT2D eigenvalue weighted by molar-refractivity contribution is 5.74. The maximum absolute atomic E-state index is 11.7. The van der Waals surface area contributed by atoms with Gasteiger partial charge in [-0.05, 0) is 31.7 Å². The van der Waals surface area contributed by atoms with Gasteiger partial charge in [-0.25, -0.2) is 4.79 Å². The van der Waals surface area contributed by atoms with Crippen LogP contribution in [0.4, 0.5) is 4.79 Å². The summed E-state index contributed by atoms with van der Waals surface area (Å²) in [5, 5.41) is 11.5. The fourth-order valence-corrected chi connectivity index (χ4v) is 2.00. The topological polar surface area (TPSA) is 95.7 Å². The molecule has 1 fully saturated rings. The molecule has 1 saturated heterocycles. The van der Waals surface area contributed by atoms with Crippen molar-refractivity contribution in [3.8, 4) is 0 Å². The Balaban J connectivity index is 2.21. The van der Waals surface area contributed by atoms with Crippen LogP contribution in [0.2, 0.25) is 0 Å². The van der Waals surface area contributed by atoms with Crippen LogP contribution in [-0.2, 0) is 4.79 Å². The Morgan fingerprint density at radius 1 is 1.35 bits per heavy atom. The second kappa shape index (κ2) is 7.11. The van der Waals surface area contributed by atoms with Crippen LogP contribution in [0.5, 0.6) is 0 Å². The summed E-state index contributed by atoms with van der Waals surface area (Å²) < 4.78 is 0. The number of hydrogen-bond donors (Lipinski definition) is 3. The number of nitrogens with two attached hydrogens (primary N) is 1. The standard InChI is InChI=1S/C11H21N3O3/c12-4-1-5-13-11(17)14-6-2-9(3-7-14)8-10(15)16/h9H,1-8,12H2,(H,13,17)(H,15,16). The van der Waals surface area contributed by atoms with Gasteiger partial charge in [0.15, 0.2) is 0 Å². The number of carboxylic acids is 1. The van der Waals surface area contributed by atoms with Crippen LogP contribution in [0, 0.1) is 5.92 Å². The Morgan fingerprint density at radius 2 is 2.00 bits per heavy atom. The number of likely N-dealkylation sites (tertiary alicyclic amines) is 1. The van der Waals surface area contributed by atoms with E-state index in [0.29, 0.717) is 26.2 Å². The third-order valence-electron chi connectivity index (χ3n) is 3.02. The van der Waals surface area contributed by atoms with E-state index in [1.165, 1.54) is 0 Å². The molecule has 17 heavy (non-hydrogen) atoms. The summed E-state index contributed by atoms with van der Waals surface area (Å²) in [7, 11) is 0. The number of nitrogens with zero attached hydrogens (tertiary/aromatic N) is 1. The summed E-state index contributed by atoms with van der Waals surface area (Å²) in [6, 6.07) is -0.0628. The van der Waals surface area contributed by atoms with Gasteiger partial charge in [0.1, 0.15) is 0 Å². The lowest BCUT2D eigenvalue weighted by atomic mass is 9.94. The normalized spacial score (nSPS) is 16.9. The lowest BCUT2D eigenvalue weighted by Gasteiger charge is -2.31. The molecule has 6 heteroatoms. The van der Waals surface area contributed by atoms with E-state index in [1.54, 1.807) is 4.90 Å². The summed E-state index contributed by atoms with van der Waals surface area (Å²) in [5.74, 6) is -0.545. The van der Waals surface area contributed by atoms with Gasteiger partial charge in [-0.2, -0.15) is 0 Å². The molecular weight excluding hydrogens is 222 g/mol. The van der Waals surface area contributed by atoms with Gasteiger partial charge in [0, 0.05) is 26.1 Å². The molecule has 6 nitrogen and oxygen atoms in total. The van der Waals surface area contributed by atoms with Crippen LogP contribution in [0.3, 0.4) is 0 Å². The van der Waals surface area contributed by atoms with E-state index in [1.807, 2.05) is 0 Å². The number of rotatable bonds is 5. The fraction of sp³-hybridized carbons (Fsp3) is 0.818. The molecule has 1 rings (SSSR count). The zero-order chi connectivity index (χ0) is 12.7. The van der Waals surface area contributed by atoms with Gasteiger partial charge < -0.3 is 21.1 Å². The van der Waals surface area contributed by atoms with Crippen LogP contribution in [-0.4, -0.2) is 48.2 Å². The Hall–Kier alpha value is -1.30. The zero-order valence-electron chi connectivity index (χ0n) is 10.0. The maximum Gasteiger partial charge on any atom is 0.317 e. The minimum atomic E-state index is -0.754. The van der Waals surface area contributed by atoms with Crippen molar-refractivity contribution >= 4 is 12.0 Å². The van der Waals surface area contributed by atoms with Gasteiger partial charge in [-0.3, -0.25) is 4.79 Å². The van der Waals surface area contributed by atoms with E-state index in [2.05, 4.69) is 5.32 Å². The second-order valence-corrected chi connectivity index (χ2v) is 4.40. The molecule has 1 heterocycles. The monoisotopic (exact) mass is 243 g/mol. The highest BCUT2D eigenvalue weighted by Crippen LogP contribution is 2.20. The smallest absolute Gasteiger partial charge is 0.317 e. The molecule has 0 bridgehead atoms. The van der Waals surface area contributed by atoms with Crippen LogP contribution in [0.25, 0.3) is 0 Å². The number of hydrogen-bond acceptors (Lipinski definition) is 3. The number of urea groups is 1. The largest absolute Gasteiger partial charge is 0.481 e. The van der Waals surface area contributed by atoms with Gasteiger partial charge in [0.05, 0.1) is 0 Å². The number of aliphatic carboxylic acids is 1. The first-order valence-corrected chi connectivity index (χ1v) is 6.08. The van der Waals surface area contributed by atoms with E-state index >= 15 is 0 Å². The van der Waals surface area contributed by atoms with E-state index in [4.69, 9.17) is 10.8 Å². The molecule has 98 valence electrons. The molecule has 0 spiro atoms. The molecule has 0 aromatic carbocycles. The minimum absolute atomic E-state index is 0.0628. The lowest BCUT2D eigenvalue weighted by Crippen LogP contribution is -2.45. The van der Waals surface area contributed by atoms with Crippen molar-refractivity contribution < 1.29 is 14.7 Å². The van der Waals surface area contributed by atoms with Gasteiger partial charge in [0.25, 0.3) is 0 Å². The van der Waals surface area contributed by atoms with Crippen LogP contribution in [0.1, 0.15) is 25.7 Å². The first kappa shape index (κ1) is 13.8. The first-order chi connectivity index (χ1) is 8.13. The molecule has 0 aromatic heterocycles. The number of amides is 2. The molecule has 0 saturated carbocycles. The van der Waals surface area contributed by atoms with E-state index in [0.717, 1.165) is 19.3 Å². The van der Waals surface area contributed by atoms with Crippen LogP contribution >= 0.6 is 0 Å². The number of carbonyl (C=O) groups excluding carboxylic acids is 1. The predicted octanol–water partition coefficient (Wildman–Crippen LogP) is 0.231. The number of carboxylic acid groups (broad SMARTS) is 1. The Labute approximate surface area is 101 Å². The summed E-state index contributed by atoms with van der Waals surface area (Å²) in [6.45, 7) is 2.46. The average Bonchev–Trinajstić information content (AvgIpc) is 2.29. The summed E-state index contributed by atoms with van der Waals surface area (Å²) in [5.41, 5.74) is 5.34. The molecule has 0 radical (unpaired) electrons. The van der Waals surface area contributed by atoms with E-state index in [-0.39, 0.29) is 18.4 Å². The molecule has 0 aliphatic carbocycles. The van der Waals surface area contributed by atoms with Crippen molar-refractivity contribution in [3.63, 3.8) is 0 Å². The quantitative estimate of drug-likeness (QED) is 0.602. The maximum atomic E-state index is 11.7. The highest BCUT2D eigenvalue weighted by atomic mass is 16.4. The summed E-state index contributed by atoms with van der Waals surface area (Å²) >= 11 is 0. The fourth-order valence-electron chi connectivity index (χ4n) is 2.00. The molecule has 4 N–H and O–H groups in total. The molecule has 0 atom stereocenters. The molecule has 2 amide bonds. The van der Waals surface area contributed by atoms with Crippen molar-refractivity contribution in [2.75, 3.05) is 26.2 Å². The van der Waals surface area contributed by atoms with Gasteiger partial charge in [-0.1, -0.05) is 0 Å². The second-order valence-electron chi connectivity index (χ2n) is 4.40. The first-order valence-electron chi connectivity index (χ1n) is 6.08. The zero-order valence-corrected chi connectivity index (χ0v) is 10.0. The summed E-state index contributed by atoms with van der Waals surface area (Å²) in [6.07, 6.45) is 2.54. The number of nitrogens with one attached hydrogen (secondary N) is 1. The number of piperidine rings is 1. The molecular formula is C11H21N3O3. The van der Waals surface area contributed by atoms with Crippen molar-refractivity contribution in [3.05, 3.63) is 0 Å². The SMILES string of the molecule is NCCCNC(=O)N1CCC(CC(=O)O)CC1. The molecule has 1 aliphatic rings. The van der Waals surface area contributed by atoms with Gasteiger partial charge in [-0.15, -0.1) is 0 Å². The van der Waals surface area contributed by atoms with Crippen LogP contribution < -0.4 is 11.1 Å². The number of carbonyl (C=O) groups is 2. The highest BCUT2D eigenvalue weighted by Gasteiger charge is 2.23. The molecule has 0 aromatic rings. The molecule has 0 unspecified atom stereocenters. The van der Waals surface area contributed by atoms with Crippen molar-refractivity contribution in [1.29, 1.82) is 0 Å². The molecule has 1 aliphatic heterocycles. The third kappa shape index (κ3) is 5.04. The van der Waals surface area contributed by atoms with Gasteiger partial charge in [0.2, 0.25) is 0 Å². The Morgan fingerprint density at radius 3 is 2.53 bits per heavy atom. The third-order valence-corrected chi connectivity index (χ3v) is 3.02. The predicted molar refractivity (Wildman–Crippen MR) is 63.6 cm³/mol. The van der Waals surface area contributed by atoms with E-state index < -0.39 is 5.97 Å². The average molecular weight is 243 g/mol. The van der Waals surface area contributed by atoms with Crippen molar-refractivity contribution in [2.24, 2.45) is 11.7 Å². The van der Waals surface area contributed by atoms with E-state index in [9.17, 15) is 9.59 Å². The lowest BCUT2D eigenvalue weighted by molar-refractivity contribution is -0.138.